The van der Waals surface area contributed by atoms with Gasteiger partial charge in [0.05, 0.1) is 17.2 Å². The maximum atomic E-state index is 12.7. The van der Waals surface area contributed by atoms with Crippen LogP contribution >= 0.6 is 11.3 Å². The number of ether oxygens (including phenoxy) is 2. The van der Waals surface area contributed by atoms with Crippen LogP contribution in [0.3, 0.4) is 0 Å². The highest BCUT2D eigenvalue weighted by molar-refractivity contribution is 7.15. The van der Waals surface area contributed by atoms with Crippen molar-refractivity contribution in [3.8, 4) is 17.1 Å². The second kappa shape index (κ2) is 8.30. The molecule has 2 heterocycles. The van der Waals surface area contributed by atoms with Crippen molar-refractivity contribution in [1.82, 2.24) is 14.6 Å². The molecule has 0 spiro atoms. The number of rotatable bonds is 6. The Kier molecular flexibility index (Phi) is 5.40. The summed E-state index contributed by atoms with van der Waals surface area (Å²) in [6.45, 7) is 4.05. The maximum absolute atomic E-state index is 12.7. The standard InChI is InChI=1S/C22H17N3O4S/c1-3-12-29-17-10-8-15(9-11-17)19-23-22-25(24-19)20(26)18(30-22)13-14-4-6-16(7-5-14)21(27)28-2/h3-11,13H,1,12H2,2H3/b18-13-. The van der Waals surface area contributed by atoms with E-state index in [-0.39, 0.29) is 5.56 Å². The summed E-state index contributed by atoms with van der Waals surface area (Å²) in [5.74, 6) is 0.791. The van der Waals surface area contributed by atoms with Crippen LogP contribution in [-0.4, -0.2) is 34.3 Å². The van der Waals surface area contributed by atoms with Gasteiger partial charge in [0.2, 0.25) is 4.96 Å². The summed E-state index contributed by atoms with van der Waals surface area (Å²) in [7, 11) is 1.33. The highest BCUT2D eigenvalue weighted by atomic mass is 32.1. The molecule has 8 heteroatoms. The van der Waals surface area contributed by atoms with Crippen LogP contribution in [0, 0.1) is 0 Å². The van der Waals surface area contributed by atoms with E-state index in [0.29, 0.717) is 27.5 Å². The van der Waals surface area contributed by atoms with Gasteiger partial charge in [-0.2, -0.15) is 9.50 Å². The lowest BCUT2D eigenvalue weighted by atomic mass is 10.1. The SMILES string of the molecule is C=CCOc1ccc(-c2nc3s/c(=C\c4ccc(C(=O)OC)cc4)c(=O)n3n2)cc1. The number of methoxy groups -OCH3 is 1. The van der Waals surface area contributed by atoms with E-state index in [9.17, 15) is 9.59 Å². The summed E-state index contributed by atoms with van der Waals surface area (Å²) in [4.78, 5) is 29.2. The van der Waals surface area contributed by atoms with E-state index in [0.717, 1.165) is 16.9 Å². The van der Waals surface area contributed by atoms with Crippen molar-refractivity contribution in [2.45, 2.75) is 0 Å². The Balaban J connectivity index is 1.62. The predicted octanol–water partition coefficient (Wildman–Crippen LogP) is 2.72. The van der Waals surface area contributed by atoms with Crippen LogP contribution in [0.15, 0.2) is 66.0 Å². The van der Waals surface area contributed by atoms with E-state index in [1.165, 1.54) is 23.0 Å². The van der Waals surface area contributed by atoms with Crippen LogP contribution in [0.5, 0.6) is 5.75 Å². The van der Waals surface area contributed by atoms with Gasteiger partial charge < -0.3 is 9.47 Å². The number of carbonyl (C=O) groups excluding carboxylic acids is 1. The van der Waals surface area contributed by atoms with E-state index < -0.39 is 5.97 Å². The first-order valence-corrected chi connectivity index (χ1v) is 9.84. The summed E-state index contributed by atoms with van der Waals surface area (Å²) in [6, 6.07) is 14.1. The Morgan fingerprint density at radius 2 is 1.90 bits per heavy atom. The molecule has 7 nitrogen and oxygen atoms in total. The molecule has 0 N–H and O–H groups in total. The summed E-state index contributed by atoms with van der Waals surface area (Å²) in [6.07, 6.45) is 3.42. The number of hydrogen-bond donors (Lipinski definition) is 0. The molecule has 0 atom stereocenters. The quantitative estimate of drug-likeness (QED) is 0.353. The Bertz CT molecular complexity index is 1320. The highest BCUT2D eigenvalue weighted by Gasteiger charge is 2.12. The fourth-order valence-electron chi connectivity index (χ4n) is 2.80. The van der Waals surface area contributed by atoms with Gasteiger partial charge in [-0.3, -0.25) is 4.79 Å². The largest absolute Gasteiger partial charge is 0.490 e. The second-order valence-corrected chi connectivity index (χ2v) is 7.29. The minimum Gasteiger partial charge on any atom is -0.490 e. The normalized spacial score (nSPS) is 11.6. The minimum atomic E-state index is -0.405. The van der Waals surface area contributed by atoms with Crippen molar-refractivity contribution in [2.24, 2.45) is 0 Å². The van der Waals surface area contributed by atoms with Crippen LogP contribution in [0.1, 0.15) is 15.9 Å². The van der Waals surface area contributed by atoms with Gasteiger partial charge in [-0.05, 0) is 48.0 Å². The minimum absolute atomic E-state index is 0.239. The van der Waals surface area contributed by atoms with Gasteiger partial charge in [0.15, 0.2) is 5.82 Å². The van der Waals surface area contributed by atoms with Crippen LogP contribution in [0.25, 0.3) is 22.4 Å². The lowest BCUT2D eigenvalue weighted by Gasteiger charge is -2.02. The molecule has 150 valence electrons. The number of nitrogens with zero attached hydrogens (tertiary/aromatic N) is 3. The Morgan fingerprint density at radius 1 is 1.17 bits per heavy atom. The maximum Gasteiger partial charge on any atom is 0.337 e. The zero-order valence-corrected chi connectivity index (χ0v) is 16.9. The lowest BCUT2D eigenvalue weighted by molar-refractivity contribution is 0.0600. The Morgan fingerprint density at radius 3 is 2.53 bits per heavy atom. The van der Waals surface area contributed by atoms with Gasteiger partial charge in [-0.15, -0.1) is 5.10 Å². The van der Waals surface area contributed by atoms with Crippen molar-refractivity contribution in [1.29, 1.82) is 0 Å². The number of hydrogen-bond acceptors (Lipinski definition) is 7. The van der Waals surface area contributed by atoms with Crippen LogP contribution in [0.2, 0.25) is 0 Å². The molecule has 0 fully saturated rings. The topological polar surface area (TPSA) is 82.8 Å². The van der Waals surface area contributed by atoms with Gasteiger partial charge in [0.1, 0.15) is 12.4 Å². The van der Waals surface area contributed by atoms with Crippen molar-refractivity contribution in [3.05, 3.63) is 87.2 Å². The molecule has 0 saturated carbocycles. The molecule has 30 heavy (non-hydrogen) atoms. The molecule has 0 aliphatic rings. The van der Waals surface area contributed by atoms with Gasteiger partial charge in [0.25, 0.3) is 5.56 Å². The fourth-order valence-corrected chi connectivity index (χ4v) is 3.70. The highest BCUT2D eigenvalue weighted by Crippen LogP contribution is 2.20. The van der Waals surface area contributed by atoms with Crippen molar-refractivity contribution < 1.29 is 14.3 Å². The smallest absolute Gasteiger partial charge is 0.337 e. The fraction of sp³-hybridized carbons (Fsp3) is 0.0909. The molecule has 0 unspecified atom stereocenters. The van der Waals surface area contributed by atoms with Crippen molar-refractivity contribution in [2.75, 3.05) is 13.7 Å². The first-order chi connectivity index (χ1) is 14.6. The molecule has 2 aromatic heterocycles. The average molecular weight is 419 g/mol. The van der Waals surface area contributed by atoms with E-state index in [4.69, 9.17) is 4.74 Å². The molecule has 0 radical (unpaired) electrons. The molecular weight excluding hydrogens is 402 g/mol. The van der Waals surface area contributed by atoms with E-state index in [1.807, 2.05) is 24.3 Å². The molecule has 0 bridgehead atoms. The van der Waals surface area contributed by atoms with E-state index >= 15 is 0 Å². The Hall–Kier alpha value is -3.78. The molecule has 2 aromatic carbocycles. The monoisotopic (exact) mass is 419 g/mol. The summed E-state index contributed by atoms with van der Waals surface area (Å²) >= 11 is 1.26. The first-order valence-electron chi connectivity index (χ1n) is 9.03. The first kappa shape index (κ1) is 19.5. The summed E-state index contributed by atoms with van der Waals surface area (Å²) in [5.41, 5.74) is 1.79. The molecule has 4 rings (SSSR count). The van der Waals surface area contributed by atoms with Gasteiger partial charge >= 0.3 is 5.97 Å². The van der Waals surface area contributed by atoms with Gasteiger partial charge in [-0.25, -0.2) is 4.79 Å². The molecule has 0 aliphatic heterocycles. The molecule has 0 aliphatic carbocycles. The summed E-state index contributed by atoms with van der Waals surface area (Å²) < 4.78 is 12.0. The number of fused-ring (bicyclic) bond motifs is 1. The van der Waals surface area contributed by atoms with Crippen LogP contribution in [0.4, 0.5) is 0 Å². The number of esters is 1. The molecule has 4 aromatic rings. The van der Waals surface area contributed by atoms with Gasteiger partial charge in [-0.1, -0.05) is 36.1 Å². The zero-order chi connectivity index (χ0) is 21.1. The van der Waals surface area contributed by atoms with E-state index in [1.54, 1.807) is 36.4 Å². The summed E-state index contributed by atoms with van der Waals surface area (Å²) in [5, 5.41) is 4.35. The van der Waals surface area contributed by atoms with Crippen molar-refractivity contribution in [3.63, 3.8) is 0 Å². The predicted molar refractivity (Wildman–Crippen MR) is 115 cm³/mol. The third-order valence-electron chi connectivity index (χ3n) is 4.29. The van der Waals surface area contributed by atoms with Crippen molar-refractivity contribution >= 4 is 28.3 Å². The Labute approximate surface area is 175 Å². The molecule has 0 amide bonds. The van der Waals surface area contributed by atoms with Crippen LogP contribution in [-0.2, 0) is 4.74 Å². The zero-order valence-electron chi connectivity index (χ0n) is 16.1. The third kappa shape index (κ3) is 3.85. The van der Waals surface area contributed by atoms with Crippen LogP contribution < -0.4 is 14.8 Å². The third-order valence-corrected chi connectivity index (χ3v) is 5.25. The second-order valence-electron chi connectivity index (χ2n) is 6.28. The number of carbonyl (C=O) groups is 1. The van der Waals surface area contributed by atoms with Gasteiger partial charge in [0, 0.05) is 5.56 Å². The number of benzene rings is 2. The molecular formula is C22H17N3O4S. The average Bonchev–Trinajstić information content (AvgIpc) is 3.32. The number of thiazole rings is 1. The van der Waals surface area contributed by atoms with E-state index in [2.05, 4.69) is 21.4 Å². The molecule has 0 saturated heterocycles. The lowest BCUT2D eigenvalue weighted by Crippen LogP contribution is -2.23. The number of aromatic nitrogens is 3.